The zero-order valence-corrected chi connectivity index (χ0v) is 15.4. The van der Waals surface area contributed by atoms with E-state index in [2.05, 4.69) is 16.2 Å². The summed E-state index contributed by atoms with van der Waals surface area (Å²) in [6, 6.07) is 6.13. The van der Waals surface area contributed by atoms with Crippen LogP contribution in [0.2, 0.25) is 0 Å². The van der Waals surface area contributed by atoms with Gasteiger partial charge in [-0.1, -0.05) is 19.1 Å². The smallest absolute Gasteiger partial charge is 0.310 e. The van der Waals surface area contributed by atoms with Crippen LogP contribution in [0.1, 0.15) is 30.6 Å². The SMILES string of the molecule is CCC(=O)Nc1ccc(C(=O)NNC(=O)[C@H]2[C@H](C(=O)O)[C@H]3C=C[C@@]2(C)O3)cc1. The van der Waals surface area contributed by atoms with E-state index in [1.54, 1.807) is 38.1 Å². The Morgan fingerprint density at radius 2 is 1.82 bits per heavy atom. The monoisotopic (exact) mass is 387 g/mol. The molecule has 0 aromatic heterocycles. The average Bonchev–Trinajstić information content (AvgIpc) is 3.19. The molecular weight excluding hydrogens is 366 g/mol. The van der Waals surface area contributed by atoms with Crippen molar-refractivity contribution in [2.75, 3.05) is 5.32 Å². The van der Waals surface area contributed by atoms with Crippen LogP contribution in [0, 0.1) is 11.8 Å². The highest BCUT2D eigenvalue weighted by Crippen LogP contribution is 2.46. The molecule has 0 radical (unpaired) electrons. The number of amides is 3. The van der Waals surface area contributed by atoms with Crippen molar-refractivity contribution in [3.05, 3.63) is 42.0 Å². The molecule has 0 unspecified atom stereocenters. The van der Waals surface area contributed by atoms with Crippen LogP contribution in [0.15, 0.2) is 36.4 Å². The number of carboxylic acids is 1. The molecule has 148 valence electrons. The van der Waals surface area contributed by atoms with Crippen LogP contribution < -0.4 is 16.2 Å². The predicted molar refractivity (Wildman–Crippen MR) is 98.0 cm³/mol. The van der Waals surface area contributed by atoms with Gasteiger partial charge in [0.2, 0.25) is 11.8 Å². The lowest BCUT2D eigenvalue weighted by atomic mass is 9.76. The molecule has 1 aromatic carbocycles. The van der Waals surface area contributed by atoms with Gasteiger partial charge in [-0.25, -0.2) is 0 Å². The van der Waals surface area contributed by atoms with E-state index in [-0.39, 0.29) is 11.5 Å². The molecule has 2 aliphatic rings. The quantitative estimate of drug-likeness (QED) is 0.437. The van der Waals surface area contributed by atoms with Crippen LogP contribution in [0.5, 0.6) is 0 Å². The Labute approximate surface area is 161 Å². The lowest BCUT2D eigenvalue weighted by Gasteiger charge is -2.27. The van der Waals surface area contributed by atoms with Crippen molar-refractivity contribution in [3.8, 4) is 0 Å². The minimum Gasteiger partial charge on any atom is -0.481 e. The number of fused-ring (bicyclic) bond motifs is 2. The third-order valence-electron chi connectivity index (χ3n) is 4.96. The molecular formula is C19H21N3O6. The van der Waals surface area contributed by atoms with E-state index in [1.807, 2.05) is 0 Å². The van der Waals surface area contributed by atoms with Crippen molar-refractivity contribution in [2.24, 2.45) is 11.8 Å². The van der Waals surface area contributed by atoms with E-state index in [1.165, 1.54) is 12.1 Å². The maximum absolute atomic E-state index is 12.5. The maximum atomic E-state index is 12.5. The summed E-state index contributed by atoms with van der Waals surface area (Å²) in [5.41, 5.74) is 4.36. The number of hydrazine groups is 1. The van der Waals surface area contributed by atoms with Crippen LogP contribution >= 0.6 is 0 Å². The fourth-order valence-corrected chi connectivity index (χ4v) is 3.50. The number of aliphatic carboxylic acids is 1. The second kappa shape index (κ2) is 7.43. The van der Waals surface area contributed by atoms with Gasteiger partial charge in [-0.2, -0.15) is 0 Å². The van der Waals surface area contributed by atoms with Crippen LogP contribution in [0.25, 0.3) is 0 Å². The number of carbonyl (C=O) groups is 4. The molecule has 2 heterocycles. The fourth-order valence-electron chi connectivity index (χ4n) is 3.50. The first-order valence-corrected chi connectivity index (χ1v) is 8.85. The zero-order valence-electron chi connectivity index (χ0n) is 15.4. The van der Waals surface area contributed by atoms with Gasteiger partial charge in [0, 0.05) is 17.7 Å². The molecule has 2 bridgehead atoms. The Balaban J connectivity index is 1.61. The Hall–Kier alpha value is -3.20. The average molecular weight is 387 g/mol. The first-order chi connectivity index (χ1) is 13.2. The van der Waals surface area contributed by atoms with Gasteiger partial charge in [0.05, 0.1) is 17.6 Å². The Kier molecular flexibility index (Phi) is 5.19. The van der Waals surface area contributed by atoms with Crippen molar-refractivity contribution in [1.29, 1.82) is 0 Å². The first kappa shape index (κ1) is 19.6. The van der Waals surface area contributed by atoms with E-state index >= 15 is 0 Å². The van der Waals surface area contributed by atoms with E-state index in [4.69, 9.17) is 4.74 Å². The highest BCUT2D eigenvalue weighted by Gasteiger charge is 2.59. The summed E-state index contributed by atoms with van der Waals surface area (Å²) in [5, 5.41) is 12.1. The molecule has 9 nitrogen and oxygen atoms in total. The number of ether oxygens (including phenoxy) is 1. The molecule has 3 rings (SSSR count). The largest absolute Gasteiger partial charge is 0.481 e. The lowest BCUT2D eigenvalue weighted by molar-refractivity contribution is -0.147. The number of hydrogen-bond acceptors (Lipinski definition) is 5. The second-order valence-corrected chi connectivity index (χ2v) is 6.89. The summed E-state index contributed by atoms with van der Waals surface area (Å²) in [7, 11) is 0. The summed E-state index contributed by atoms with van der Waals surface area (Å²) >= 11 is 0. The van der Waals surface area contributed by atoms with E-state index < -0.39 is 41.3 Å². The molecule has 0 saturated carbocycles. The number of nitrogens with one attached hydrogen (secondary N) is 3. The molecule has 4 atom stereocenters. The van der Waals surface area contributed by atoms with Gasteiger partial charge < -0.3 is 15.2 Å². The summed E-state index contributed by atoms with van der Waals surface area (Å²) in [6.07, 6.45) is 2.98. The second-order valence-electron chi connectivity index (χ2n) is 6.89. The van der Waals surface area contributed by atoms with Crippen LogP contribution in [0.3, 0.4) is 0 Å². The maximum Gasteiger partial charge on any atom is 0.310 e. The molecule has 2 aliphatic heterocycles. The molecule has 1 fully saturated rings. The van der Waals surface area contributed by atoms with Crippen molar-refractivity contribution in [3.63, 3.8) is 0 Å². The molecule has 28 heavy (non-hydrogen) atoms. The van der Waals surface area contributed by atoms with Crippen LogP contribution in [-0.4, -0.2) is 40.5 Å². The van der Waals surface area contributed by atoms with Gasteiger partial charge in [-0.05, 0) is 31.2 Å². The Morgan fingerprint density at radius 3 is 2.43 bits per heavy atom. The minimum atomic E-state index is -1.13. The van der Waals surface area contributed by atoms with Crippen LogP contribution in [-0.2, 0) is 19.1 Å². The molecule has 9 heteroatoms. The summed E-state index contributed by atoms with van der Waals surface area (Å²) in [5.74, 6) is -4.47. The number of benzene rings is 1. The molecule has 0 spiro atoms. The van der Waals surface area contributed by atoms with E-state index in [9.17, 15) is 24.3 Å². The number of hydrogen-bond donors (Lipinski definition) is 4. The Morgan fingerprint density at radius 1 is 1.14 bits per heavy atom. The molecule has 1 saturated heterocycles. The highest BCUT2D eigenvalue weighted by molar-refractivity contribution is 5.97. The molecule has 3 amide bonds. The first-order valence-electron chi connectivity index (χ1n) is 8.85. The number of rotatable bonds is 5. The molecule has 1 aromatic rings. The van der Waals surface area contributed by atoms with Gasteiger partial charge in [0.15, 0.2) is 0 Å². The van der Waals surface area contributed by atoms with Crippen molar-refractivity contribution in [2.45, 2.75) is 32.0 Å². The molecule has 0 aliphatic carbocycles. The van der Waals surface area contributed by atoms with Crippen LogP contribution in [0.4, 0.5) is 5.69 Å². The normalized spacial score (nSPS) is 27.3. The van der Waals surface area contributed by atoms with Crippen molar-refractivity contribution < 1.29 is 29.0 Å². The lowest BCUT2D eigenvalue weighted by Crippen LogP contribution is -2.52. The predicted octanol–water partition coefficient (Wildman–Crippen LogP) is 0.840. The van der Waals surface area contributed by atoms with Gasteiger partial charge >= 0.3 is 5.97 Å². The topological polar surface area (TPSA) is 134 Å². The van der Waals surface area contributed by atoms with Crippen molar-refractivity contribution >= 4 is 29.4 Å². The van der Waals surface area contributed by atoms with Gasteiger partial charge in [0.25, 0.3) is 5.91 Å². The van der Waals surface area contributed by atoms with Gasteiger partial charge in [-0.15, -0.1) is 0 Å². The summed E-state index contributed by atoms with van der Waals surface area (Å²) in [4.78, 5) is 47.7. The standard InChI is InChI=1S/C19H21N3O6/c1-3-13(23)20-11-6-4-10(5-7-11)16(24)21-22-17(25)15-14(18(26)27)12-8-9-19(15,2)28-12/h4-9,12,14-15H,3H2,1-2H3,(H,20,23)(H,21,24)(H,22,25)(H,26,27)/t12-,14-,15-,19-/m1/s1. The fraction of sp³-hybridized carbons (Fsp3) is 0.368. The highest BCUT2D eigenvalue weighted by atomic mass is 16.5. The zero-order chi connectivity index (χ0) is 20.5. The minimum absolute atomic E-state index is 0.145. The third-order valence-corrected chi connectivity index (χ3v) is 4.96. The molecule has 4 N–H and O–H groups in total. The van der Waals surface area contributed by atoms with E-state index in [0.29, 0.717) is 12.1 Å². The number of anilines is 1. The number of carboxylic acid groups (broad SMARTS) is 1. The Bertz CT molecular complexity index is 850. The van der Waals surface area contributed by atoms with E-state index in [0.717, 1.165) is 0 Å². The number of carbonyl (C=O) groups excluding carboxylic acids is 3. The van der Waals surface area contributed by atoms with Gasteiger partial charge in [0.1, 0.15) is 5.92 Å². The third kappa shape index (κ3) is 3.61. The van der Waals surface area contributed by atoms with Crippen molar-refractivity contribution in [1.82, 2.24) is 10.9 Å². The summed E-state index contributed by atoms with van der Waals surface area (Å²) < 4.78 is 5.61. The summed E-state index contributed by atoms with van der Waals surface area (Å²) in [6.45, 7) is 3.37. The van der Waals surface area contributed by atoms with Gasteiger partial charge in [-0.3, -0.25) is 30.0 Å².